The molecule has 0 saturated heterocycles. The highest BCUT2D eigenvalue weighted by Crippen LogP contribution is 2.24. The molecule has 0 saturated carbocycles. The average molecular weight is 338 g/mol. The minimum absolute atomic E-state index is 0.0329. The summed E-state index contributed by atoms with van der Waals surface area (Å²) in [6, 6.07) is 2.04. The Morgan fingerprint density at radius 3 is 2.78 bits per heavy atom. The van der Waals surface area contributed by atoms with Gasteiger partial charge in [0.25, 0.3) is 0 Å². The van der Waals surface area contributed by atoms with E-state index < -0.39 is 11.4 Å². The van der Waals surface area contributed by atoms with Crippen LogP contribution in [0.2, 0.25) is 0 Å². The van der Waals surface area contributed by atoms with Crippen LogP contribution >= 0.6 is 11.3 Å². The van der Waals surface area contributed by atoms with Gasteiger partial charge in [0.05, 0.1) is 5.41 Å². The quantitative estimate of drug-likeness (QED) is 0.825. The Kier molecular flexibility index (Phi) is 5.41. The SMILES string of the molecule is CC(C)(CNC(=O)CCC(=O)N1CCc2sccc2C1)C(=O)O. The number of thiophene rings is 1. The number of hydrogen-bond acceptors (Lipinski definition) is 4. The van der Waals surface area contributed by atoms with Crippen LogP contribution < -0.4 is 5.32 Å². The summed E-state index contributed by atoms with van der Waals surface area (Å²) >= 11 is 1.72. The summed E-state index contributed by atoms with van der Waals surface area (Å²) in [5.74, 6) is -1.29. The zero-order valence-corrected chi connectivity index (χ0v) is 14.2. The monoisotopic (exact) mass is 338 g/mol. The Labute approximate surface area is 139 Å². The van der Waals surface area contributed by atoms with Gasteiger partial charge in [0.15, 0.2) is 0 Å². The molecule has 2 amide bonds. The van der Waals surface area contributed by atoms with E-state index in [1.165, 1.54) is 10.4 Å². The van der Waals surface area contributed by atoms with Crippen LogP contribution in [0.15, 0.2) is 11.4 Å². The molecule has 2 rings (SSSR count). The van der Waals surface area contributed by atoms with E-state index in [1.54, 1.807) is 30.1 Å². The van der Waals surface area contributed by atoms with Crippen LogP contribution in [-0.4, -0.2) is 40.9 Å². The van der Waals surface area contributed by atoms with Crippen molar-refractivity contribution in [2.45, 2.75) is 39.7 Å². The molecule has 0 fully saturated rings. The van der Waals surface area contributed by atoms with E-state index in [4.69, 9.17) is 5.11 Å². The highest BCUT2D eigenvalue weighted by molar-refractivity contribution is 7.10. The molecule has 0 unspecified atom stereocenters. The number of carboxylic acid groups (broad SMARTS) is 1. The number of nitrogens with one attached hydrogen (secondary N) is 1. The van der Waals surface area contributed by atoms with Gasteiger partial charge >= 0.3 is 5.97 Å². The first-order valence-electron chi connectivity index (χ1n) is 7.63. The molecule has 1 aliphatic rings. The minimum atomic E-state index is -1.01. The van der Waals surface area contributed by atoms with Gasteiger partial charge in [0, 0.05) is 37.4 Å². The van der Waals surface area contributed by atoms with Crippen LogP contribution in [0, 0.1) is 5.41 Å². The van der Waals surface area contributed by atoms with E-state index in [0.717, 1.165) is 6.42 Å². The van der Waals surface area contributed by atoms with Crippen molar-refractivity contribution in [2.24, 2.45) is 5.41 Å². The Hall–Kier alpha value is -1.89. The second kappa shape index (κ2) is 7.12. The predicted molar refractivity (Wildman–Crippen MR) is 87.1 cm³/mol. The van der Waals surface area contributed by atoms with Gasteiger partial charge in [-0.2, -0.15) is 0 Å². The molecule has 0 radical (unpaired) electrons. The van der Waals surface area contributed by atoms with Crippen molar-refractivity contribution in [3.05, 3.63) is 21.9 Å². The molecule has 126 valence electrons. The molecule has 0 aromatic carbocycles. The van der Waals surface area contributed by atoms with Crippen LogP contribution in [0.25, 0.3) is 0 Å². The fourth-order valence-electron chi connectivity index (χ4n) is 2.32. The highest BCUT2D eigenvalue weighted by atomic mass is 32.1. The van der Waals surface area contributed by atoms with Gasteiger partial charge in [0.2, 0.25) is 11.8 Å². The zero-order chi connectivity index (χ0) is 17.0. The molecule has 23 heavy (non-hydrogen) atoms. The number of carbonyl (C=O) groups is 3. The maximum Gasteiger partial charge on any atom is 0.310 e. The summed E-state index contributed by atoms with van der Waals surface area (Å²) < 4.78 is 0. The van der Waals surface area contributed by atoms with Crippen molar-refractivity contribution < 1.29 is 19.5 Å². The summed E-state index contributed by atoms with van der Waals surface area (Å²) in [5.41, 5.74) is 0.185. The fraction of sp³-hybridized carbons (Fsp3) is 0.562. The maximum absolute atomic E-state index is 12.2. The van der Waals surface area contributed by atoms with Crippen molar-refractivity contribution in [2.75, 3.05) is 13.1 Å². The topological polar surface area (TPSA) is 86.7 Å². The Morgan fingerprint density at radius 1 is 1.35 bits per heavy atom. The summed E-state index contributed by atoms with van der Waals surface area (Å²) in [6.07, 6.45) is 1.11. The van der Waals surface area contributed by atoms with Crippen molar-refractivity contribution in [3.63, 3.8) is 0 Å². The number of nitrogens with zero attached hydrogens (tertiary/aromatic N) is 1. The van der Waals surface area contributed by atoms with Crippen LogP contribution in [0.3, 0.4) is 0 Å². The predicted octanol–water partition coefficient (Wildman–Crippen LogP) is 1.64. The molecule has 1 aromatic rings. The van der Waals surface area contributed by atoms with Crippen LogP contribution in [-0.2, 0) is 27.3 Å². The highest BCUT2D eigenvalue weighted by Gasteiger charge is 2.28. The first-order valence-corrected chi connectivity index (χ1v) is 8.50. The molecule has 6 nitrogen and oxygen atoms in total. The first-order chi connectivity index (χ1) is 10.8. The second-order valence-electron chi connectivity index (χ2n) is 6.40. The molecule has 1 aliphatic heterocycles. The van der Waals surface area contributed by atoms with Crippen LogP contribution in [0.1, 0.15) is 37.1 Å². The van der Waals surface area contributed by atoms with E-state index >= 15 is 0 Å². The van der Waals surface area contributed by atoms with E-state index in [-0.39, 0.29) is 31.2 Å². The van der Waals surface area contributed by atoms with E-state index in [0.29, 0.717) is 13.1 Å². The molecule has 0 atom stereocenters. The van der Waals surface area contributed by atoms with Gasteiger partial charge in [-0.15, -0.1) is 11.3 Å². The van der Waals surface area contributed by atoms with Crippen LogP contribution in [0.4, 0.5) is 0 Å². The average Bonchev–Trinajstić information content (AvgIpc) is 2.97. The lowest BCUT2D eigenvalue weighted by Gasteiger charge is -2.27. The molecule has 1 aromatic heterocycles. The summed E-state index contributed by atoms with van der Waals surface area (Å²) in [5, 5.41) is 13.6. The normalized spacial score (nSPS) is 14.3. The molecular weight excluding hydrogens is 316 g/mol. The summed E-state index contributed by atoms with van der Waals surface area (Å²) in [6.45, 7) is 4.46. The van der Waals surface area contributed by atoms with Crippen LogP contribution in [0.5, 0.6) is 0 Å². The first kappa shape index (κ1) is 17.5. The lowest BCUT2D eigenvalue weighted by Crippen LogP contribution is -2.40. The number of rotatable bonds is 6. The van der Waals surface area contributed by atoms with Gasteiger partial charge in [-0.25, -0.2) is 0 Å². The largest absolute Gasteiger partial charge is 0.481 e. The molecule has 0 spiro atoms. The van der Waals surface area contributed by atoms with E-state index in [9.17, 15) is 14.4 Å². The molecule has 0 aliphatic carbocycles. The third-order valence-corrected chi connectivity index (χ3v) is 5.06. The van der Waals surface area contributed by atoms with Gasteiger partial charge in [-0.1, -0.05) is 0 Å². The smallest absolute Gasteiger partial charge is 0.310 e. The minimum Gasteiger partial charge on any atom is -0.481 e. The summed E-state index contributed by atoms with van der Waals surface area (Å²) in [4.78, 5) is 38.1. The Morgan fingerprint density at radius 2 is 2.09 bits per heavy atom. The molecular formula is C16H22N2O4S. The molecule has 0 bridgehead atoms. The number of amides is 2. The maximum atomic E-state index is 12.2. The lowest BCUT2D eigenvalue weighted by molar-refractivity contribution is -0.147. The van der Waals surface area contributed by atoms with Crippen molar-refractivity contribution in [3.8, 4) is 0 Å². The van der Waals surface area contributed by atoms with Crippen molar-refractivity contribution in [1.82, 2.24) is 10.2 Å². The second-order valence-corrected chi connectivity index (χ2v) is 7.40. The standard InChI is InChI=1S/C16H22N2O4S/c1-16(2,15(21)22)10-17-13(19)3-4-14(20)18-7-5-12-11(9-18)6-8-23-12/h6,8H,3-5,7,9-10H2,1-2H3,(H,17,19)(H,21,22). The molecule has 2 N–H and O–H groups in total. The number of carboxylic acids is 1. The van der Waals surface area contributed by atoms with Gasteiger partial charge in [-0.3, -0.25) is 14.4 Å². The fourth-order valence-corrected chi connectivity index (χ4v) is 3.21. The van der Waals surface area contributed by atoms with Gasteiger partial charge in [0.1, 0.15) is 0 Å². The van der Waals surface area contributed by atoms with E-state index in [2.05, 4.69) is 5.32 Å². The van der Waals surface area contributed by atoms with Gasteiger partial charge < -0.3 is 15.3 Å². The molecule has 7 heteroatoms. The summed E-state index contributed by atoms with van der Waals surface area (Å²) in [7, 11) is 0. The zero-order valence-electron chi connectivity index (χ0n) is 13.4. The van der Waals surface area contributed by atoms with E-state index in [1.807, 2.05) is 11.4 Å². The number of carbonyl (C=O) groups excluding carboxylic acids is 2. The van der Waals surface area contributed by atoms with Crippen molar-refractivity contribution in [1.29, 1.82) is 0 Å². The lowest BCUT2D eigenvalue weighted by atomic mass is 9.94. The number of aliphatic carboxylic acids is 1. The third-order valence-electron chi connectivity index (χ3n) is 4.03. The third kappa shape index (κ3) is 4.54. The number of fused-ring (bicyclic) bond motifs is 1. The Bertz CT molecular complexity index is 609. The number of hydrogen-bond donors (Lipinski definition) is 2. The molecule has 2 heterocycles. The van der Waals surface area contributed by atoms with Crippen molar-refractivity contribution >= 4 is 29.1 Å². The Balaban J connectivity index is 1.74. The van der Waals surface area contributed by atoms with Gasteiger partial charge in [-0.05, 0) is 37.3 Å².